The highest BCUT2D eigenvalue weighted by Crippen LogP contribution is 2.24. The fourth-order valence-electron chi connectivity index (χ4n) is 2.72. The van der Waals surface area contributed by atoms with E-state index in [0.717, 1.165) is 10.6 Å². The number of hydrogen-bond acceptors (Lipinski definition) is 6. The molecule has 0 atom stereocenters. The number of nitrogen functional groups attached to an aromatic ring is 1. The van der Waals surface area contributed by atoms with Gasteiger partial charge in [0.05, 0.1) is 29.0 Å². The maximum absolute atomic E-state index is 12.4. The summed E-state index contributed by atoms with van der Waals surface area (Å²) in [7, 11) is 0. The molecule has 0 unspecified atom stereocenters. The van der Waals surface area contributed by atoms with Crippen LogP contribution in [0.25, 0.3) is 5.69 Å². The van der Waals surface area contributed by atoms with Crippen molar-refractivity contribution in [2.75, 3.05) is 12.3 Å². The largest absolute Gasteiger partial charge is 0.462 e. The summed E-state index contributed by atoms with van der Waals surface area (Å²) in [4.78, 5) is 48.1. The van der Waals surface area contributed by atoms with Gasteiger partial charge in [0.25, 0.3) is 17.4 Å². The lowest BCUT2D eigenvalue weighted by atomic mass is 10.1. The fraction of sp³-hybridized carbons (Fsp3) is 0.176. The molecule has 25 heavy (non-hydrogen) atoms. The van der Waals surface area contributed by atoms with Crippen LogP contribution >= 0.6 is 0 Å². The van der Waals surface area contributed by atoms with E-state index in [0.29, 0.717) is 11.3 Å². The van der Waals surface area contributed by atoms with Crippen LogP contribution in [0.15, 0.2) is 29.1 Å². The molecule has 2 heterocycles. The number of ether oxygens (including phenoxy) is 1. The second kappa shape index (κ2) is 5.90. The summed E-state index contributed by atoms with van der Waals surface area (Å²) < 4.78 is 6.08. The Morgan fingerprint density at radius 1 is 1.20 bits per heavy atom. The number of nitrogens with two attached hydrogens (primary N) is 1. The summed E-state index contributed by atoms with van der Waals surface area (Å²) in [6.07, 6.45) is 0. The van der Waals surface area contributed by atoms with Gasteiger partial charge in [-0.3, -0.25) is 24.3 Å². The molecule has 0 radical (unpaired) electrons. The maximum atomic E-state index is 12.4. The molecule has 1 aliphatic rings. The molecule has 1 aromatic heterocycles. The lowest BCUT2D eigenvalue weighted by Crippen LogP contribution is -2.24. The molecule has 8 heteroatoms. The highest BCUT2D eigenvalue weighted by atomic mass is 16.5. The molecule has 0 spiro atoms. The van der Waals surface area contributed by atoms with Gasteiger partial charge in [0.15, 0.2) is 0 Å². The van der Waals surface area contributed by atoms with Gasteiger partial charge in [0.2, 0.25) is 0 Å². The number of esters is 1. The van der Waals surface area contributed by atoms with Crippen molar-refractivity contribution in [3.05, 3.63) is 56.9 Å². The second-order valence-corrected chi connectivity index (χ2v) is 5.49. The van der Waals surface area contributed by atoms with E-state index in [1.807, 2.05) is 0 Å². The van der Waals surface area contributed by atoms with E-state index in [1.165, 1.54) is 6.07 Å². The van der Waals surface area contributed by atoms with Crippen LogP contribution in [0.1, 0.15) is 43.6 Å². The average Bonchev–Trinajstić information content (AvgIpc) is 2.83. The van der Waals surface area contributed by atoms with Crippen molar-refractivity contribution < 1.29 is 19.1 Å². The number of nitrogens with zero attached hydrogens (tertiary/aromatic N) is 1. The zero-order valence-corrected chi connectivity index (χ0v) is 13.6. The molecule has 3 rings (SSSR count). The number of carbonyl (C=O) groups excluding carboxylic acids is 3. The van der Waals surface area contributed by atoms with Crippen LogP contribution in [0.2, 0.25) is 0 Å². The van der Waals surface area contributed by atoms with E-state index in [9.17, 15) is 19.2 Å². The number of pyridine rings is 1. The molecule has 1 aliphatic heterocycles. The number of aromatic nitrogens is 1. The summed E-state index contributed by atoms with van der Waals surface area (Å²) in [5, 5.41) is 2.10. The molecule has 0 saturated heterocycles. The van der Waals surface area contributed by atoms with Crippen molar-refractivity contribution in [2.45, 2.75) is 13.8 Å². The zero-order chi connectivity index (χ0) is 18.3. The first kappa shape index (κ1) is 16.4. The van der Waals surface area contributed by atoms with Crippen molar-refractivity contribution in [3.63, 3.8) is 0 Å². The molecule has 1 aromatic carbocycles. The Labute approximate surface area is 142 Å². The topological polar surface area (TPSA) is 120 Å². The van der Waals surface area contributed by atoms with Crippen LogP contribution < -0.4 is 16.6 Å². The smallest absolute Gasteiger partial charge is 0.338 e. The summed E-state index contributed by atoms with van der Waals surface area (Å²) in [5.41, 5.74) is 6.54. The van der Waals surface area contributed by atoms with Gasteiger partial charge in [-0.1, -0.05) is 6.07 Å². The van der Waals surface area contributed by atoms with Gasteiger partial charge in [-0.25, -0.2) is 4.79 Å². The molecule has 0 fully saturated rings. The lowest BCUT2D eigenvalue weighted by Gasteiger charge is -2.14. The molecular formula is C17H15N3O5. The normalized spacial score (nSPS) is 12.7. The Bertz CT molecular complexity index is 991. The molecular weight excluding hydrogens is 326 g/mol. The van der Waals surface area contributed by atoms with Gasteiger partial charge in [-0.2, -0.15) is 0 Å². The van der Waals surface area contributed by atoms with Crippen molar-refractivity contribution >= 4 is 23.6 Å². The number of anilines is 1. The number of benzene rings is 1. The average molecular weight is 341 g/mol. The maximum Gasteiger partial charge on any atom is 0.338 e. The minimum atomic E-state index is -0.663. The number of imide groups is 1. The van der Waals surface area contributed by atoms with E-state index in [1.54, 1.807) is 26.0 Å². The van der Waals surface area contributed by atoms with Crippen LogP contribution in [-0.4, -0.2) is 29.0 Å². The van der Waals surface area contributed by atoms with Gasteiger partial charge < -0.3 is 10.5 Å². The Hall–Kier alpha value is -3.42. The summed E-state index contributed by atoms with van der Waals surface area (Å²) in [5.74, 6) is -2.01. The van der Waals surface area contributed by atoms with Crippen molar-refractivity contribution in [1.82, 2.24) is 9.88 Å². The highest BCUT2D eigenvalue weighted by molar-refractivity contribution is 6.23. The quantitative estimate of drug-likeness (QED) is 0.629. The van der Waals surface area contributed by atoms with E-state index < -0.39 is 23.3 Å². The van der Waals surface area contributed by atoms with Crippen molar-refractivity contribution in [1.29, 1.82) is 0 Å². The van der Waals surface area contributed by atoms with Crippen LogP contribution in [0.3, 0.4) is 0 Å². The first-order valence-corrected chi connectivity index (χ1v) is 7.54. The number of carbonyl (C=O) groups is 3. The number of amides is 2. The number of nitrogens with one attached hydrogen (secondary N) is 1. The second-order valence-electron chi connectivity index (χ2n) is 5.49. The minimum absolute atomic E-state index is 0.0529. The SMILES string of the molecule is CCOC(=O)c1cc(-n2c(N)c3c(cc2=O)C(=O)NC3=O)ccc1C. The molecule has 0 aliphatic carbocycles. The van der Waals surface area contributed by atoms with E-state index in [-0.39, 0.29) is 29.1 Å². The van der Waals surface area contributed by atoms with Crippen LogP contribution in [-0.2, 0) is 4.74 Å². The third-order valence-corrected chi connectivity index (χ3v) is 3.93. The molecule has 128 valence electrons. The third kappa shape index (κ3) is 2.57. The van der Waals surface area contributed by atoms with E-state index >= 15 is 0 Å². The molecule has 8 nitrogen and oxygen atoms in total. The van der Waals surface area contributed by atoms with Gasteiger partial charge in [-0.05, 0) is 31.5 Å². The Balaban J connectivity index is 2.22. The Morgan fingerprint density at radius 2 is 1.92 bits per heavy atom. The first-order valence-electron chi connectivity index (χ1n) is 7.54. The van der Waals surface area contributed by atoms with E-state index in [2.05, 4.69) is 5.32 Å². The Morgan fingerprint density at radius 3 is 2.60 bits per heavy atom. The number of fused-ring (bicyclic) bond motifs is 1. The van der Waals surface area contributed by atoms with E-state index in [4.69, 9.17) is 10.5 Å². The van der Waals surface area contributed by atoms with Gasteiger partial charge in [-0.15, -0.1) is 0 Å². The Kier molecular flexibility index (Phi) is 3.88. The molecule has 0 saturated carbocycles. The number of rotatable bonds is 3. The van der Waals surface area contributed by atoms with Crippen molar-refractivity contribution in [2.24, 2.45) is 0 Å². The standard InChI is InChI=1S/C17H15N3O5/c1-3-25-17(24)10-6-9(5-4-8(10)2)20-12(21)7-11-13(14(20)18)16(23)19-15(11)22/h4-7H,3,18H2,1-2H3,(H,19,22,23). The zero-order valence-electron chi connectivity index (χ0n) is 13.6. The van der Waals surface area contributed by atoms with Crippen molar-refractivity contribution in [3.8, 4) is 5.69 Å². The molecule has 2 aromatic rings. The highest BCUT2D eigenvalue weighted by Gasteiger charge is 2.32. The lowest BCUT2D eigenvalue weighted by molar-refractivity contribution is 0.0525. The van der Waals surface area contributed by atoms with Crippen LogP contribution in [0.5, 0.6) is 0 Å². The summed E-state index contributed by atoms with van der Waals surface area (Å²) in [6, 6.07) is 5.75. The first-order chi connectivity index (χ1) is 11.8. The van der Waals surface area contributed by atoms with Gasteiger partial charge >= 0.3 is 5.97 Å². The summed E-state index contributed by atoms with van der Waals surface area (Å²) >= 11 is 0. The number of aryl methyl sites for hydroxylation is 1. The van der Waals surface area contributed by atoms with Crippen LogP contribution in [0, 0.1) is 6.92 Å². The molecule has 0 bridgehead atoms. The van der Waals surface area contributed by atoms with Crippen LogP contribution in [0.4, 0.5) is 5.82 Å². The molecule has 3 N–H and O–H groups in total. The molecule has 2 amide bonds. The summed E-state index contributed by atoms with van der Waals surface area (Å²) in [6.45, 7) is 3.64. The third-order valence-electron chi connectivity index (χ3n) is 3.93. The minimum Gasteiger partial charge on any atom is -0.462 e. The fourth-order valence-corrected chi connectivity index (χ4v) is 2.72. The number of hydrogen-bond donors (Lipinski definition) is 2. The van der Waals surface area contributed by atoms with Gasteiger partial charge in [0, 0.05) is 6.07 Å². The monoisotopic (exact) mass is 341 g/mol. The van der Waals surface area contributed by atoms with Gasteiger partial charge in [0.1, 0.15) is 5.82 Å². The predicted octanol–water partition coefficient (Wildman–Crippen LogP) is 0.788. The predicted molar refractivity (Wildman–Crippen MR) is 88.9 cm³/mol.